The number of benzene rings is 3. The average Bonchev–Trinajstić information content (AvgIpc) is 3.56. The molecule has 2 amide bonds. The number of nitrogens with one attached hydrogen (secondary N) is 2. The van der Waals surface area contributed by atoms with Gasteiger partial charge < -0.3 is 15.5 Å². The van der Waals surface area contributed by atoms with E-state index in [-0.39, 0.29) is 11.8 Å². The van der Waals surface area contributed by atoms with E-state index in [9.17, 15) is 9.59 Å². The Morgan fingerprint density at radius 1 is 1.00 bits per heavy atom. The lowest BCUT2D eigenvalue weighted by molar-refractivity contribution is -0.119. The van der Waals surface area contributed by atoms with Gasteiger partial charge in [-0.15, -0.1) is 0 Å². The number of carbonyl (C=O) groups is 2. The average molecular weight is 590 g/mol. The molecular formula is C29H22Cl2N6O2S. The Morgan fingerprint density at radius 2 is 1.82 bits per heavy atom. The number of nitrogens with zero attached hydrogens (tertiary/aromatic N) is 4. The van der Waals surface area contributed by atoms with Gasteiger partial charge in [-0.3, -0.25) is 9.59 Å². The number of aliphatic imine (C=N–C) groups is 1. The number of thioether (sulfide) groups is 1. The zero-order valence-electron chi connectivity index (χ0n) is 21.0. The van der Waals surface area contributed by atoms with Crippen molar-refractivity contribution in [2.24, 2.45) is 4.99 Å². The first-order valence-corrected chi connectivity index (χ1v) is 14.1. The maximum atomic E-state index is 13.4. The molecule has 2 aliphatic heterocycles. The monoisotopic (exact) mass is 588 g/mol. The number of likely N-dealkylation sites (tertiary alicyclic amines) is 1. The van der Waals surface area contributed by atoms with E-state index >= 15 is 0 Å². The SMILES string of the molecule is O=C1N=C(N2CCC[C@H]2C(=O)Nc2ccc3ncnc(Nc4cccc(Cl)c4)c3c2)S/C1=C/c1cccc(Cl)c1. The van der Waals surface area contributed by atoms with Crippen LogP contribution in [-0.2, 0) is 9.59 Å². The van der Waals surface area contributed by atoms with E-state index in [1.807, 2.05) is 47.4 Å². The Bertz CT molecular complexity index is 1710. The molecule has 0 spiro atoms. The van der Waals surface area contributed by atoms with E-state index in [2.05, 4.69) is 25.6 Å². The first-order valence-electron chi connectivity index (χ1n) is 12.6. The lowest BCUT2D eigenvalue weighted by Crippen LogP contribution is -2.41. The van der Waals surface area contributed by atoms with Crippen LogP contribution in [0.1, 0.15) is 18.4 Å². The van der Waals surface area contributed by atoms with Crippen LogP contribution in [0.15, 0.2) is 83.0 Å². The summed E-state index contributed by atoms with van der Waals surface area (Å²) in [4.78, 5) is 41.5. The molecule has 2 aliphatic rings. The van der Waals surface area contributed by atoms with Crippen LogP contribution in [0.4, 0.5) is 17.2 Å². The van der Waals surface area contributed by atoms with Gasteiger partial charge in [0.05, 0.1) is 10.4 Å². The van der Waals surface area contributed by atoms with Crippen molar-refractivity contribution in [3.8, 4) is 0 Å². The fraction of sp³-hybridized carbons (Fsp3) is 0.138. The van der Waals surface area contributed by atoms with Crippen LogP contribution < -0.4 is 10.6 Å². The third-order valence-corrected chi connectivity index (χ3v) is 8.04. The van der Waals surface area contributed by atoms with Crippen LogP contribution in [0, 0.1) is 0 Å². The van der Waals surface area contributed by atoms with Gasteiger partial charge in [0.2, 0.25) is 5.91 Å². The largest absolute Gasteiger partial charge is 0.340 e. The molecule has 2 N–H and O–H groups in total. The standard InChI is InChI=1S/C29H22Cl2N6O2S/c30-18-5-1-4-17(12-18)13-25-28(39)36-29(40-25)37-11-3-8-24(37)27(38)35-21-9-10-23-22(15-21)26(33-16-32-23)34-20-7-2-6-19(31)14-20/h1-2,4-7,9-10,12-16,24H,3,8,11H2,(H,35,38)(H,32,33,34)/b25-13+/t24-/m0/s1. The molecule has 1 fully saturated rings. The maximum absolute atomic E-state index is 13.4. The molecule has 1 saturated heterocycles. The Hall–Kier alpha value is -3.92. The minimum Gasteiger partial charge on any atom is -0.340 e. The van der Waals surface area contributed by atoms with Crippen LogP contribution in [0.5, 0.6) is 0 Å². The van der Waals surface area contributed by atoms with Gasteiger partial charge >= 0.3 is 0 Å². The number of aromatic nitrogens is 2. The van der Waals surface area contributed by atoms with E-state index < -0.39 is 6.04 Å². The van der Waals surface area contributed by atoms with E-state index in [0.29, 0.717) is 44.6 Å². The van der Waals surface area contributed by atoms with Gasteiger partial charge in [-0.2, -0.15) is 4.99 Å². The predicted octanol–water partition coefficient (Wildman–Crippen LogP) is 6.75. The second kappa shape index (κ2) is 11.3. The van der Waals surface area contributed by atoms with Crippen molar-refractivity contribution >= 4 is 86.1 Å². The zero-order valence-corrected chi connectivity index (χ0v) is 23.3. The Kier molecular flexibility index (Phi) is 7.42. The van der Waals surface area contributed by atoms with Crippen LogP contribution in [0.25, 0.3) is 17.0 Å². The van der Waals surface area contributed by atoms with E-state index in [4.69, 9.17) is 23.2 Å². The zero-order chi connectivity index (χ0) is 27.6. The third kappa shape index (κ3) is 5.67. The lowest BCUT2D eigenvalue weighted by atomic mass is 10.1. The van der Waals surface area contributed by atoms with Crippen LogP contribution >= 0.6 is 35.0 Å². The van der Waals surface area contributed by atoms with Crippen LogP contribution in [0.3, 0.4) is 0 Å². The number of anilines is 3. The molecule has 0 radical (unpaired) electrons. The quantitative estimate of drug-likeness (QED) is 0.248. The topological polar surface area (TPSA) is 99.6 Å². The molecule has 4 aromatic rings. The van der Waals surface area contributed by atoms with Crippen LogP contribution in [0.2, 0.25) is 10.0 Å². The van der Waals surface area contributed by atoms with Crippen molar-refractivity contribution in [2.45, 2.75) is 18.9 Å². The number of hydrogen-bond acceptors (Lipinski definition) is 7. The van der Waals surface area contributed by atoms with E-state index in [1.165, 1.54) is 18.1 Å². The molecule has 1 aromatic heterocycles. The molecule has 1 atom stereocenters. The number of halogens is 2. The molecule has 200 valence electrons. The summed E-state index contributed by atoms with van der Waals surface area (Å²) in [5.41, 5.74) is 2.96. The van der Waals surface area contributed by atoms with Gasteiger partial charge in [0.15, 0.2) is 5.17 Å². The van der Waals surface area contributed by atoms with Crippen molar-refractivity contribution < 1.29 is 9.59 Å². The predicted molar refractivity (Wildman–Crippen MR) is 162 cm³/mol. The number of carbonyl (C=O) groups excluding carboxylic acids is 2. The summed E-state index contributed by atoms with van der Waals surface area (Å²) >= 11 is 13.5. The molecular weight excluding hydrogens is 567 g/mol. The Labute approximate surface area is 244 Å². The Balaban J connectivity index is 1.19. The van der Waals surface area contributed by atoms with E-state index in [1.54, 1.807) is 30.3 Å². The third-order valence-electron chi connectivity index (χ3n) is 6.55. The molecule has 0 aliphatic carbocycles. The highest BCUT2D eigenvalue weighted by atomic mass is 35.5. The van der Waals surface area contributed by atoms with Crippen molar-refractivity contribution in [2.75, 3.05) is 17.2 Å². The lowest BCUT2D eigenvalue weighted by Gasteiger charge is -2.24. The van der Waals surface area contributed by atoms with Crippen molar-refractivity contribution in [1.29, 1.82) is 0 Å². The molecule has 11 heteroatoms. The summed E-state index contributed by atoms with van der Waals surface area (Å²) in [6.45, 7) is 0.640. The molecule has 8 nitrogen and oxygen atoms in total. The molecule has 6 rings (SSSR count). The molecule has 0 unspecified atom stereocenters. The molecule has 3 heterocycles. The fourth-order valence-electron chi connectivity index (χ4n) is 4.70. The highest BCUT2D eigenvalue weighted by Gasteiger charge is 2.37. The summed E-state index contributed by atoms with van der Waals surface area (Å²) in [6.07, 6.45) is 4.73. The first-order chi connectivity index (χ1) is 19.4. The summed E-state index contributed by atoms with van der Waals surface area (Å²) in [6, 6.07) is 19.7. The highest BCUT2D eigenvalue weighted by molar-refractivity contribution is 8.18. The van der Waals surface area contributed by atoms with Crippen molar-refractivity contribution in [3.63, 3.8) is 0 Å². The first kappa shape index (κ1) is 26.3. The van der Waals surface area contributed by atoms with Gasteiger partial charge in [-0.1, -0.05) is 41.4 Å². The summed E-state index contributed by atoms with van der Waals surface area (Å²) < 4.78 is 0. The van der Waals surface area contributed by atoms with Gasteiger partial charge in [-0.25, -0.2) is 9.97 Å². The summed E-state index contributed by atoms with van der Waals surface area (Å²) in [5.74, 6) is 0.112. The Morgan fingerprint density at radius 3 is 2.65 bits per heavy atom. The van der Waals surface area contributed by atoms with Crippen molar-refractivity contribution in [3.05, 3.63) is 93.6 Å². The molecule has 3 aromatic carbocycles. The van der Waals surface area contributed by atoms with Crippen LogP contribution in [-0.4, -0.2) is 44.4 Å². The normalized spacial score (nSPS) is 17.9. The smallest absolute Gasteiger partial charge is 0.286 e. The highest BCUT2D eigenvalue weighted by Crippen LogP contribution is 2.34. The number of amidine groups is 1. The van der Waals surface area contributed by atoms with Crippen molar-refractivity contribution in [1.82, 2.24) is 14.9 Å². The van der Waals surface area contributed by atoms with Gasteiger partial charge in [-0.05, 0) is 84.8 Å². The number of fused-ring (bicyclic) bond motifs is 1. The summed E-state index contributed by atoms with van der Waals surface area (Å²) in [7, 11) is 0. The maximum Gasteiger partial charge on any atom is 0.286 e. The number of rotatable bonds is 5. The van der Waals surface area contributed by atoms with Gasteiger partial charge in [0.1, 0.15) is 18.2 Å². The molecule has 0 bridgehead atoms. The minimum absolute atomic E-state index is 0.166. The minimum atomic E-state index is -0.448. The van der Waals surface area contributed by atoms with Gasteiger partial charge in [0.25, 0.3) is 5.91 Å². The molecule has 40 heavy (non-hydrogen) atoms. The second-order valence-corrected chi connectivity index (χ2v) is 11.2. The summed E-state index contributed by atoms with van der Waals surface area (Å²) in [5, 5.41) is 8.80. The number of amides is 2. The van der Waals surface area contributed by atoms with E-state index in [0.717, 1.165) is 28.6 Å². The van der Waals surface area contributed by atoms with Gasteiger partial charge in [0, 0.05) is 33.4 Å². The number of hydrogen-bond donors (Lipinski definition) is 2. The second-order valence-electron chi connectivity index (χ2n) is 9.30. The fourth-order valence-corrected chi connectivity index (χ4v) is 6.08. The molecule has 0 saturated carbocycles.